The SMILES string of the molecule is NCC1=Nc2cc(F)ccc2OC1. The first-order valence-corrected chi connectivity index (χ1v) is 3.98. The minimum Gasteiger partial charge on any atom is -0.485 e. The van der Waals surface area contributed by atoms with Crippen LogP contribution in [0, 0.1) is 5.82 Å². The van der Waals surface area contributed by atoms with Crippen molar-refractivity contribution >= 4 is 11.4 Å². The Kier molecular flexibility index (Phi) is 1.98. The highest BCUT2D eigenvalue weighted by Gasteiger charge is 2.11. The van der Waals surface area contributed by atoms with Gasteiger partial charge in [-0.25, -0.2) is 9.38 Å². The third kappa shape index (κ3) is 1.53. The molecule has 0 amide bonds. The van der Waals surface area contributed by atoms with Crippen molar-refractivity contribution in [2.75, 3.05) is 13.2 Å². The van der Waals surface area contributed by atoms with Crippen molar-refractivity contribution in [1.29, 1.82) is 0 Å². The van der Waals surface area contributed by atoms with Gasteiger partial charge in [0.2, 0.25) is 0 Å². The molecule has 0 saturated carbocycles. The van der Waals surface area contributed by atoms with Crippen molar-refractivity contribution in [3.8, 4) is 5.75 Å². The van der Waals surface area contributed by atoms with E-state index in [9.17, 15) is 4.39 Å². The van der Waals surface area contributed by atoms with E-state index >= 15 is 0 Å². The van der Waals surface area contributed by atoms with Crippen molar-refractivity contribution in [3.63, 3.8) is 0 Å². The van der Waals surface area contributed by atoms with Crippen LogP contribution < -0.4 is 10.5 Å². The van der Waals surface area contributed by atoms with Crippen molar-refractivity contribution in [3.05, 3.63) is 24.0 Å². The number of aliphatic imine (C=N–C) groups is 1. The number of rotatable bonds is 1. The molecule has 1 heterocycles. The molecule has 1 aliphatic rings. The van der Waals surface area contributed by atoms with Gasteiger partial charge < -0.3 is 10.5 Å². The molecule has 0 aliphatic carbocycles. The van der Waals surface area contributed by atoms with Crippen molar-refractivity contribution in [1.82, 2.24) is 0 Å². The number of fused-ring (bicyclic) bond motifs is 1. The molecule has 0 atom stereocenters. The molecule has 1 aliphatic heterocycles. The van der Waals surface area contributed by atoms with Gasteiger partial charge in [-0.3, -0.25) is 0 Å². The fourth-order valence-electron chi connectivity index (χ4n) is 1.17. The monoisotopic (exact) mass is 180 g/mol. The largest absolute Gasteiger partial charge is 0.485 e. The van der Waals surface area contributed by atoms with Gasteiger partial charge in [-0.15, -0.1) is 0 Å². The number of benzene rings is 1. The predicted octanol–water partition coefficient (Wildman–Crippen LogP) is 1.25. The Morgan fingerprint density at radius 3 is 3.15 bits per heavy atom. The molecular weight excluding hydrogens is 171 g/mol. The fourth-order valence-corrected chi connectivity index (χ4v) is 1.17. The van der Waals surface area contributed by atoms with Gasteiger partial charge >= 0.3 is 0 Å². The molecule has 4 heteroatoms. The van der Waals surface area contributed by atoms with Crippen LogP contribution in [-0.4, -0.2) is 18.9 Å². The number of nitrogens with two attached hydrogens (primary N) is 1. The maximum atomic E-state index is 12.8. The van der Waals surface area contributed by atoms with E-state index in [1.165, 1.54) is 12.1 Å². The molecule has 0 radical (unpaired) electrons. The minimum absolute atomic E-state index is 0.315. The summed E-state index contributed by atoms with van der Waals surface area (Å²) in [7, 11) is 0. The highest BCUT2D eigenvalue weighted by Crippen LogP contribution is 2.30. The zero-order valence-electron chi connectivity index (χ0n) is 6.96. The van der Waals surface area contributed by atoms with Gasteiger partial charge in [0.25, 0.3) is 0 Å². The summed E-state index contributed by atoms with van der Waals surface area (Å²) in [5.41, 5.74) is 6.65. The molecule has 13 heavy (non-hydrogen) atoms. The van der Waals surface area contributed by atoms with E-state index < -0.39 is 0 Å². The number of ether oxygens (including phenoxy) is 1. The van der Waals surface area contributed by atoms with Gasteiger partial charge in [0.1, 0.15) is 23.9 Å². The van der Waals surface area contributed by atoms with E-state index in [2.05, 4.69) is 4.99 Å². The van der Waals surface area contributed by atoms with Gasteiger partial charge in [0.15, 0.2) is 0 Å². The second-order valence-electron chi connectivity index (χ2n) is 2.78. The Bertz CT molecular complexity index is 363. The van der Waals surface area contributed by atoms with Crippen LogP contribution in [0.3, 0.4) is 0 Å². The molecule has 0 fully saturated rings. The van der Waals surface area contributed by atoms with E-state index in [1.807, 2.05) is 0 Å². The summed E-state index contributed by atoms with van der Waals surface area (Å²) in [5.74, 6) is 0.294. The zero-order valence-corrected chi connectivity index (χ0v) is 6.96. The molecule has 2 rings (SSSR count). The van der Waals surface area contributed by atoms with E-state index in [4.69, 9.17) is 10.5 Å². The van der Waals surface area contributed by atoms with Crippen molar-refractivity contribution in [2.24, 2.45) is 10.7 Å². The lowest BCUT2D eigenvalue weighted by molar-refractivity contribution is 0.370. The van der Waals surface area contributed by atoms with E-state index in [0.717, 1.165) is 5.71 Å². The maximum Gasteiger partial charge on any atom is 0.145 e. The predicted molar refractivity (Wildman–Crippen MR) is 48.0 cm³/mol. The van der Waals surface area contributed by atoms with Crippen LogP contribution in [0.4, 0.5) is 10.1 Å². The van der Waals surface area contributed by atoms with E-state index in [-0.39, 0.29) is 5.82 Å². The zero-order chi connectivity index (χ0) is 9.26. The lowest BCUT2D eigenvalue weighted by Gasteiger charge is -2.15. The van der Waals surface area contributed by atoms with Gasteiger partial charge in [-0.1, -0.05) is 0 Å². The van der Waals surface area contributed by atoms with Crippen LogP contribution >= 0.6 is 0 Å². The lowest BCUT2D eigenvalue weighted by atomic mass is 10.2. The molecule has 68 valence electrons. The molecule has 0 spiro atoms. The summed E-state index contributed by atoms with van der Waals surface area (Å²) in [5, 5.41) is 0. The standard InChI is InChI=1S/C9H9FN2O/c10-6-1-2-9-8(3-6)12-7(4-11)5-13-9/h1-3H,4-5,11H2. The van der Waals surface area contributed by atoms with Crippen LogP contribution in [-0.2, 0) is 0 Å². The highest BCUT2D eigenvalue weighted by atomic mass is 19.1. The molecule has 1 aromatic rings. The van der Waals surface area contributed by atoms with Crippen molar-refractivity contribution < 1.29 is 9.13 Å². The summed E-state index contributed by atoms with van der Waals surface area (Å²) in [6, 6.07) is 4.26. The third-order valence-corrected chi connectivity index (χ3v) is 1.83. The van der Waals surface area contributed by atoms with E-state index in [0.29, 0.717) is 24.6 Å². The van der Waals surface area contributed by atoms with Crippen molar-refractivity contribution in [2.45, 2.75) is 0 Å². The van der Waals surface area contributed by atoms with Crippen LogP contribution in [0.1, 0.15) is 0 Å². The molecule has 0 bridgehead atoms. The molecule has 1 aromatic carbocycles. The topological polar surface area (TPSA) is 47.6 Å². The Labute approximate surface area is 75.0 Å². The number of hydrogen-bond acceptors (Lipinski definition) is 3. The quantitative estimate of drug-likeness (QED) is 0.707. The molecular formula is C9H9FN2O. The van der Waals surface area contributed by atoms with Gasteiger partial charge in [-0.2, -0.15) is 0 Å². The summed E-state index contributed by atoms with van der Waals surface area (Å²) in [6.45, 7) is 0.741. The second kappa shape index (κ2) is 3.14. The van der Waals surface area contributed by atoms with Gasteiger partial charge in [-0.05, 0) is 12.1 Å². The molecule has 0 saturated heterocycles. The molecule has 2 N–H and O–H groups in total. The van der Waals surface area contributed by atoms with Gasteiger partial charge in [0, 0.05) is 12.6 Å². The average Bonchev–Trinajstić information content (AvgIpc) is 2.16. The van der Waals surface area contributed by atoms with Gasteiger partial charge in [0.05, 0.1) is 5.71 Å². The minimum atomic E-state index is -0.315. The first kappa shape index (κ1) is 8.19. The Hall–Kier alpha value is -1.42. The summed E-state index contributed by atoms with van der Waals surface area (Å²) in [6.07, 6.45) is 0. The maximum absolute atomic E-state index is 12.8. The number of halogens is 1. The lowest BCUT2D eigenvalue weighted by Crippen LogP contribution is -2.23. The Morgan fingerprint density at radius 2 is 2.38 bits per heavy atom. The molecule has 3 nitrogen and oxygen atoms in total. The Morgan fingerprint density at radius 1 is 1.54 bits per heavy atom. The third-order valence-electron chi connectivity index (χ3n) is 1.83. The van der Waals surface area contributed by atoms with Crippen LogP contribution in [0.25, 0.3) is 0 Å². The fraction of sp³-hybridized carbons (Fsp3) is 0.222. The number of hydrogen-bond donors (Lipinski definition) is 1. The highest BCUT2D eigenvalue weighted by molar-refractivity contribution is 5.91. The van der Waals surface area contributed by atoms with E-state index in [1.54, 1.807) is 6.07 Å². The summed E-state index contributed by atoms with van der Waals surface area (Å²) >= 11 is 0. The summed E-state index contributed by atoms with van der Waals surface area (Å²) in [4.78, 5) is 4.15. The summed E-state index contributed by atoms with van der Waals surface area (Å²) < 4.78 is 18.1. The molecule has 0 aromatic heterocycles. The normalized spacial score (nSPS) is 14.5. The van der Waals surface area contributed by atoms with Crippen LogP contribution in [0.15, 0.2) is 23.2 Å². The first-order valence-electron chi connectivity index (χ1n) is 3.98. The van der Waals surface area contributed by atoms with Crippen LogP contribution in [0.5, 0.6) is 5.75 Å². The smallest absolute Gasteiger partial charge is 0.145 e. The molecule has 0 unspecified atom stereocenters. The average molecular weight is 180 g/mol. The second-order valence-corrected chi connectivity index (χ2v) is 2.78. The Balaban J connectivity index is 2.44. The number of nitrogens with zero attached hydrogens (tertiary/aromatic N) is 1. The first-order chi connectivity index (χ1) is 6.29. The van der Waals surface area contributed by atoms with Crippen LogP contribution in [0.2, 0.25) is 0 Å².